The maximum absolute atomic E-state index is 13.7. The molecule has 0 atom stereocenters. The summed E-state index contributed by atoms with van der Waals surface area (Å²) in [5, 5.41) is 0. The van der Waals surface area contributed by atoms with Gasteiger partial charge in [-0.1, -0.05) is 48.1 Å². The first-order chi connectivity index (χ1) is 6.48. The molecule has 86 valence electrons. The maximum Gasteiger partial charge on any atom is 0.101 e. The molecule has 15 heavy (non-hydrogen) atoms. The summed E-state index contributed by atoms with van der Waals surface area (Å²) in [5.74, 6) is -0.0800. The third kappa shape index (κ3) is 1.25. The zero-order valence-electron chi connectivity index (χ0n) is 11.1. The van der Waals surface area contributed by atoms with Crippen LogP contribution in [0.2, 0.25) is 0 Å². The van der Waals surface area contributed by atoms with E-state index in [1.807, 2.05) is 0 Å². The van der Waals surface area contributed by atoms with Crippen molar-refractivity contribution in [3.63, 3.8) is 0 Å². The smallest absolute Gasteiger partial charge is 0.101 e. The van der Waals surface area contributed by atoms with Crippen LogP contribution in [0.3, 0.4) is 0 Å². The van der Waals surface area contributed by atoms with E-state index in [1.54, 1.807) is 6.92 Å². The molecule has 1 aliphatic carbocycles. The van der Waals surface area contributed by atoms with Crippen molar-refractivity contribution in [3.05, 3.63) is 23.6 Å². The molecule has 1 fully saturated rings. The molecule has 0 saturated heterocycles. The van der Waals surface area contributed by atoms with Gasteiger partial charge >= 0.3 is 0 Å². The first-order valence-corrected chi connectivity index (χ1v) is 5.54. The Morgan fingerprint density at radius 3 is 1.53 bits per heavy atom. The monoisotopic (exact) mass is 210 g/mol. The molecule has 1 aliphatic rings. The summed E-state index contributed by atoms with van der Waals surface area (Å²) >= 11 is 0. The fraction of sp³-hybridized carbons (Fsp3) is 0.714. The second kappa shape index (κ2) is 2.96. The summed E-state index contributed by atoms with van der Waals surface area (Å²) in [6, 6.07) is 0. The average molecular weight is 210 g/mol. The molecular weight excluding hydrogens is 187 g/mol. The van der Waals surface area contributed by atoms with Crippen LogP contribution in [-0.4, -0.2) is 0 Å². The van der Waals surface area contributed by atoms with E-state index in [-0.39, 0.29) is 22.1 Å². The van der Waals surface area contributed by atoms with Crippen LogP contribution in [0.4, 0.5) is 4.39 Å². The van der Waals surface area contributed by atoms with Crippen molar-refractivity contribution in [1.82, 2.24) is 0 Å². The van der Waals surface area contributed by atoms with Crippen LogP contribution in [0, 0.1) is 16.2 Å². The fourth-order valence-corrected chi connectivity index (χ4v) is 2.80. The van der Waals surface area contributed by atoms with Gasteiger partial charge in [-0.05, 0) is 34.3 Å². The quantitative estimate of drug-likeness (QED) is 0.534. The van der Waals surface area contributed by atoms with Crippen LogP contribution in [0.1, 0.15) is 48.5 Å². The van der Waals surface area contributed by atoms with Gasteiger partial charge in [0.15, 0.2) is 0 Å². The Morgan fingerprint density at radius 2 is 1.40 bits per heavy atom. The summed E-state index contributed by atoms with van der Waals surface area (Å²) in [4.78, 5) is 0. The Labute approximate surface area is 93.3 Å². The van der Waals surface area contributed by atoms with Gasteiger partial charge in [0.1, 0.15) is 5.83 Å². The molecular formula is C14H23F. The molecule has 0 heterocycles. The molecule has 0 aromatic rings. The molecule has 1 heteroatoms. The van der Waals surface area contributed by atoms with E-state index in [0.29, 0.717) is 0 Å². The fourth-order valence-electron chi connectivity index (χ4n) is 2.80. The summed E-state index contributed by atoms with van der Waals surface area (Å²) < 4.78 is 13.7. The Kier molecular flexibility index (Phi) is 2.46. The van der Waals surface area contributed by atoms with Crippen LogP contribution in [0.5, 0.6) is 0 Å². The first kappa shape index (κ1) is 12.5. The van der Waals surface area contributed by atoms with Crippen molar-refractivity contribution < 1.29 is 4.39 Å². The van der Waals surface area contributed by atoms with Crippen LogP contribution >= 0.6 is 0 Å². The van der Waals surface area contributed by atoms with Gasteiger partial charge in [0.05, 0.1) is 0 Å². The van der Waals surface area contributed by atoms with E-state index in [4.69, 9.17) is 0 Å². The summed E-state index contributed by atoms with van der Waals surface area (Å²) in [6.07, 6.45) is 0. The van der Waals surface area contributed by atoms with Crippen molar-refractivity contribution in [2.45, 2.75) is 48.5 Å². The third-order valence-corrected chi connectivity index (χ3v) is 5.15. The molecule has 1 rings (SSSR count). The molecule has 0 unspecified atom stereocenters. The van der Waals surface area contributed by atoms with Gasteiger partial charge in [-0.2, -0.15) is 0 Å². The van der Waals surface area contributed by atoms with E-state index in [2.05, 4.69) is 48.1 Å². The van der Waals surface area contributed by atoms with Crippen molar-refractivity contribution in [2.24, 2.45) is 16.2 Å². The van der Waals surface area contributed by atoms with Gasteiger partial charge in [0, 0.05) is 0 Å². The lowest BCUT2D eigenvalue weighted by Crippen LogP contribution is -2.37. The highest BCUT2D eigenvalue weighted by Crippen LogP contribution is 2.67. The normalized spacial score (nSPS) is 30.5. The van der Waals surface area contributed by atoms with Crippen molar-refractivity contribution >= 4 is 0 Å². The summed E-state index contributed by atoms with van der Waals surface area (Å²) in [6.45, 7) is 18.6. The standard InChI is InChI=1S/C14H23F/c1-9-11(10(2)15)13(5,6)14(7,8)12(9,3)4/h1H2,2-8H3/b11-10-. The molecule has 0 nitrogen and oxygen atoms in total. The van der Waals surface area contributed by atoms with E-state index < -0.39 is 0 Å². The minimum Gasteiger partial charge on any atom is -0.212 e. The van der Waals surface area contributed by atoms with Crippen molar-refractivity contribution in [1.29, 1.82) is 0 Å². The van der Waals surface area contributed by atoms with Crippen LogP contribution in [0.15, 0.2) is 23.6 Å². The zero-order valence-corrected chi connectivity index (χ0v) is 11.1. The molecule has 0 N–H and O–H groups in total. The van der Waals surface area contributed by atoms with Crippen molar-refractivity contribution in [3.8, 4) is 0 Å². The average Bonchev–Trinajstić information content (AvgIpc) is 2.08. The Balaban J connectivity index is 3.56. The minimum absolute atomic E-state index is 0.0137. The molecule has 0 aliphatic heterocycles. The predicted octanol–water partition coefficient (Wildman–Crippen LogP) is 4.88. The van der Waals surface area contributed by atoms with Gasteiger partial charge in [0.2, 0.25) is 0 Å². The van der Waals surface area contributed by atoms with E-state index in [0.717, 1.165) is 11.1 Å². The third-order valence-electron chi connectivity index (χ3n) is 5.15. The second-order valence-corrected chi connectivity index (χ2v) is 6.26. The Morgan fingerprint density at radius 1 is 1.00 bits per heavy atom. The number of hydrogen-bond donors (Lipinski definition) is 0. The number of rotatable bonds is 0. The van der Waals surface area contributed by atoms with Gasteiger partial charge in [-0.3, -0.25) is 0 Å². The lowest BCUT2D eigenvalue weighted by atomic mass is 9.60. The molecule has 0 radical (unpaired) electrons. The van der Waals surface area contributed by atoms with Crippen LogP contribution in [-0.2, 0) is 0 Å². The second-order valence-electron chi connectivity index (χ2n) is 6.26. The maximum atomic E-state index is 13.7. The lowest BCUT2D eigenvalue weighted by molar-refractivity contribution is 0.0745. The topological polar surface area (TPSA) is 0 Å². The number of allylic oxidation sites excluding steroid dienone is 3. The van der Waals surface area contributed by atoms with Gasteiger partial charge in [0.25, 0.3) is 0 Å². The summed E-state index contributed by atoms with van der Waals surface area (Å²) in [7, 11) is 0. The van der Waals surface area contributed by atoms with Gasteiger partial charge in [-0.25, -0.2) is 4.39 Å². The molecule has 0 amide bonds. The zero-order chi connectivity index (χ0) is 12.2. The molecule has 0 spiro atoms. The van der Waals surface area contributed by atoms with Gasteiger partial charge < -0.3 is 0 Å². The predicted molar refractivity (Wildman–Crippen MR) is 64.3 cm³/mol. The van der Waals surface area contributed by atoms with Crippen LogP contribution in [0.25, 0.3) is 0 Å². The lowest BCUT2D eigenvalue weighted by Gasteiger charge is -2.43. The van der Waals surface area contributed by atoms with E-state index in [1.165, 1.54) is 0 Å². The van der Waals surface area contributed by atoms with E-state index in [9.17, 15) is 4.39 Å². The largest absolute Gasteiger partial charge is 0.212 e. The Hall–Kier alpha value is -0.590. The highest BCUT2D eigenvalue weighted by molar-refractivity contribution is 5.48. The minimum atomic E-state index is -0.160. The highest BCUT2D eigenvalue weighted by Gasteiger charge is 2.59. The van der Waals surface area contributed by atoms with Crippen LogP contribution < -0.4 is 0 Å². The molecule has 0 aromatic carbocycles. The molecule has 0 bridgehead atoms. The number of hydrogen-bond acceptors (Lipinski definition) is 0. The molecule has 1 saturated carbocycles. The summed E-state index contributed by atoms with van der Waals surface area (Å²) in [5.41, 5.74) is 1.57. The Bertz CT molecular complexity index is 336. The highest BCUT2D eigenvalue weighted by atomic mass is 19.1. The SMILES string of the molecule is C=C1/C(=C(\C)F)C(C)(C)C(C)(C)C1(C)C. The molecule has 0 aromatic heterocycles. The number of halogens is 1. The first-order valence-electron chi connectivity index (χ1n) is 5.54. The van der Waals surface area contributed by atoms with Crippen molar-refractivity contribution in [2.75, 3.05) is 0 Å². The van der Waals surface area contributed by atoms with Gasteiger partial charge in [-0.15, -0.1) is 0 Å². The van der Waals surface area contributed by atoms with E-state index >= 15 is 0 Å².